The van der Waals surface area contributed by atoms with Gasteiger partial charge in [0.15, 0.2) is 12.4 Å². The van der Waals surface area contributed by atoms with E-state index in [2.05, 4.69) is 5.32 Å². The van der Waals surface area contributed by atoms with Crippen LogP contribution >= 0.6 is 0 Å². The van der Waals surface area contributed by atoms with Gasteiger partial charge in [-0.1, -0.05) is 19.9 Å². The topological polar surface area (TPSA) is 81.7 Å². The lowest BCUT2D eigenvalue weighted by atomic mass is 10.1. The van der Waals surface area contributed by atoms with Crippen LogP contribution in [0.5, 0.6) is 5.75 Å². The van der Waals surface area contributed by atoms with Crippen LogP contribution < -0.4 is 10.1 Å². The summed E-state index contributed by atoms with van der Waals surface area (Å²) in [5, 5.41) is 2.62. The Morgan fingerprint density at radius 1 is 1.00 bits per heavy atom. The van der Waals surface area contributed by atoms with Crippen molar-refractivity contribution in [3.63, 3.8) is 0 Å². The van der Waals surface area contributed by atoms with E-state index in [1.54, 1.807) is 48.5 Å². The summed E-state index contributed by atoms with van der Waals surface area (Å²) in [5.41, 5.74) is 1.31. The van der Waals surface area contributed by atoms with Gasteiger partial charge in [0.25, 0.3) is 0 Å². The maximum atomic E-state index is 12.2. The predicted molar refractivity (Wildman–Crippen MR) is 102 cm³/mol. The average molecular weight is 369 g/mol. The van der Waals surface area contributed by atoms with E-state index in [4.69, 9.17) is 9.47 Å². The van der Waals surface area contributed by atoms with Gasteiger partial charge in [0.1, 0.15) is 5.75 Å². The molecular weight excluding hydrogens is 346 g/mol. The van der Waals surface area contributed by atoms with Gasteiger partial charge in [-0.2, -0.15) is 0 Å². The molecule has 142 valence electrons. The van der Waals surface area contributed by atoms with Crippen molar-refractivity contribution in [2.24, 2.45) is 5.92 Å². The number of esters is 1. The molecule has 0 spiro atoms. The minimum atomic E-state index is -0.590. The highest BCUT2D eigenvalue weighted by Crippen LogP contribution is 2.16. The number of ether oxygens (including phenoxy) is 2. The Labute approximate surface area is 158 Å². The summed E-state index contributed by atoms with van der Waals surface area (Å²) in [6, 6.07) is 13.0. The van der Waals surface area contributed by atoms with Gasteiger partial charge in [0.2, 0.25) is 5.91 Å². The minimum Gasteiger partial charge on any atom is -0.493 e. The highest BCUT2D eigenvalue weighted by atomic mass is 16.5. The molecule has 0 heterocycles. The number of nitrogens with one attached hydrogen (secondary N) is 1. The fourth-order valence-electron chi connectivity index (χ4n) is 2.22. The van der Waals surface area contributed by atoms with Gasteiger partial charge < -0.3 is 14.8 Å². The zero-order valence-corrected chi connectivity index (χ0v) is 15.7. The van der Waals surface area contributed by atoms with Crippen LogP contribution in [-0.4, -0.2) is 30.9 Å². The lowest BCUT2D eigenvalue weighted by Gasteiger charge is -2.10. The maximum Gasteiger partial charge on any atom is 0.338 e. The third-order valence-corrected chi connectivity index (χ3v) is 3.51. The molecule has 0 saturated heterocycles. The summed E-state index contributed by atoms with van der Waals surface area (Å²) in [7, 11) is 0. The molecule has 0 atom stereocenters. The van der Waals surface area contributed by atoms with E-state index in [0.717, 1.165) is 0 Å². The SMILES string of the molecule is CC(=O)Nc1ccc(C(=O)COC(=O)c2cccc(OCC(C)C)c2)cc1. The van der Waals surface area contributed by atoms with E-state index >= 15 is 0 Å². The summed E-state index contributed by atoms with van der Waals surface area (Å²) < 4.78 is 10.7. The lowest BCUT2D eigenvalue weighted by molar-refractivity contribution is -0.114. The van der Waals surface area contributed by atoms with Crippen LogP contribution in [-0.2, 0) is 9.53 Å². The maximum absolute atomic E-state index is 12.2. The highest BCUT2D eigenvalue weighted by molar-refractivity contribution is 6.00. The molecule has 2 rings (SSSR count). The van der Waals surface area contributed by atoms with Crippen molar-refractivity contribution < 1.29 is 23.9 Å². The molecule has 0 fully saturated rings. The first-order valence-corrected chi connectivity index (χ1v) is 8.66. The predicted octanol–water partition coefficient (Wildman–Crippen LogP) is 3.72. The molecule has 0 bridgehead atoms. The Morgan fingerprint density at radius 2 is 1.70 bits per heavy atom. The van der Waals surface area contributed by atoms with Gasteiger partial charge in [0.05, 0.1) is 12.2 Å². The molecular formula is C21H23NO5. The molecule has 0 aliphatic carbocycles. The monoisotopic (exact) mass is 369 g/mol. The largest absolute Gasteiger partial charge is 0.493 e. The molecule has 0 aliphatic rings. The van der Waals surface area contributed by atoms with Gasteiger partial charge >= 0.3 is 5.97 Å². The van der Waals surface area contributed by atoms with E-state index in [9.17, 15) is 14.4 Å². The molecule has 2 aromatic carbocycles. The Balaban J connectivity index is 1.91. The Kier molecular flexibility index (Phi) is 7.11. The molecule has 6 nitrogen and oxygen atoms in total. The first-order valence-electron chi connectivity index (χ1n) is 8.66. The van der Waals surface area contributed by atoms with E-state index in [1.807, 2.05) is 13.8 Å². The van der Waals surface area contributed by atoms with Crippen molar-refractivity contribution in [3.8, 4) is 5.75 Å². The first-order chi connectivity index (χ1) is 12.8. The van der Waals surface area contributed by atoms with Crippen molar-refractivity contribution in [2.45, 2.75) is 20.8 Å². The smallest absolute Gasteiger partial charge is 0.338 e. The van der Waals surface area contributed by atoms with Crippen molar-refractivity contribution in [2.75, 3.05) is 18.5 Å². The molecule has 27 heavy (non-hydrogen) atoms. The molecule has 1 N–H and O–H groups in total. The van der Waals surface area contributed by atoms with Crippen molar-refractivity contribution in [1.29, 1.82) is 0 Å². The van der Waals surface area contributed by atoms with Crippen LogP contribution in [0.1, 0.15) is 41.5 Å². The Morgan fingerprint density at radius 3 is 2.33 bits per heavy atom. The van der Waals surface area contributed by atoms with Crippen LogP contribution in [0.2, 0.25) is 0 Å². The highest BCUT2D eigenvalue weighted by Gasteiger charge is 2.13. The zero-order valence-electron chi connectivity index (χ0n) is 15.7. The summed E-state index contributed by atoms with van der Waals surface area (Å²) in [6.07, 6.45) is 0. The number of rotatable bonds is 8. The van der Waals surface area contributed by atoms with Gasteiger partial charge in [-0.3, -0.25) is 9.59 Å². The van der Waals surface area contributed by atoms with Gasteiger partial charge in [-0.15, -0.1) is 0 Å². The second-order valence-electron chi connectivity index (χ2n) is 6.49. The van der Waals surface area contributed by atoms with E-state index in [0.29, 0.717) is 35.1 Å². The van der Waals surface area contributed by atoms with Crippen molar-refractivity contribution in [1.82, 2.24) is 0 Å². The number of Topliss-reactive ketones (excluding diaryl/α,β-unsaturated/α-hetero) is 1. The molecule has 6 heteroatoms. The number of hydrogen-bond donors (Lipinski definition) is 1. The standard InChI is InChI=1S/C21H23NO5/c1-14(2)12-26-19-6-4-5-17(11-19)21(25)27-13-20(24)16-7-9-18(10-8-16)22-15(3)23/h4-11,14H,12-13H2,1-3H3,(H,22,23). The Hall–Kier alpha value is -3.15. The molecule has 0 aromatic heterocycles. The molecule has 0 aliphatic heterocycles. The van der Waals surface area contributed by atoms with Crippen molar-refractivity contribution >= 4 is 23.3 Å². The number of hydrogen-bond acceptors (Lipinski definition) is 5. The molecule has 0 unspecified atom stereocenters. The number of amides is 1. The van der Waals surface area contributed by atoms with Crippen molar-refractivity contribution in [3.05, 3.63) is 59.7 Å². The second kappa shape index (κ2) is 9.52. The van der Waals surface area contributed by atoms with E-state index in [1.165, 1.54) is 6.92 Å². The average Bonchev–Trinajstić information content (AvgIpc) is 2.64. The van der Waals surface area contributed by atoms with Gasteiger partial charge in [-0.05, 0) is 48.4 Å². The number of anilines is 1. The number of carbonyl (C=O) groups excluding carboxylic acids is 3. The fourth-order valence-corrected chi connectivity index (χ4v) is 2.22. The van der Waals surface area contributed by atoms with Crippen LogP contribution in [0.25, 0.3) is 0 Å². The van der Waals surface area contributed by atoms with Gasteiger partial charge in [-0.25, -0.2) is 4.79 Å². The fraction of sp³-hybridized carbons (Fsp3) is 0.286. The third kappa shape index (κ3) is 6.58. The zero-order chi connectivity index (χ0) is 19.8. The molecule has 1 amide bonds. The van der Waals surface area contributed by atoms with Crippen LogP contribution in [0.15, 0.2) is 48.5 Å². The summed E-state index contributed by atoms with van der Waals surface area (Å²) >= 11 is 0. The normalized spacial score (nSPS) is 10.4. The number of carbonyl (C=O) groups is 3. The molecule has 0 saturated carbocycles. The third-order valence-electron chi connectivity index (χ3n) is 3.51. The van der Waals surface area contributed by atoms with Gasteiger partial charge in [0, 0.05) is 18.2 Å². The summed E-state index contributed by atoms with van der Waals surface area (Å²) in [5.74, 6) is -0.158. The summed E-state index contributed by atoms with van der Waals surface area (Å²) in [6.45, 7) is 5.65. The number of ketones is 1. The quantitative estimate of drug-likeness (QED) is 0.566. The minimum absolute atomic E-state index is 0.192. The van der Waals surface area contributed by atoms with E-state index in [-0.39, 0.29) is 18.3 Å². The Bertz CT molecular complexity index is 812. The van der Waals surface area contributed by atoms with E-state index < -0.39 is 5.97 Å². The second-order valence-corrected chi connectivity index (χ2v) is 6.49. The first kappa shape index (κ1) is 20.2. The number of benzene rings is 2. The lowest BCUT2D eigenvalue weighted by Crippen LogP contribution is -2.14. The van der Waals surface area contributed by atoms with Crippen LogP contribution in [0.4, 0.5) is 5.69 Å². The van der Waals surface area contributed by atoms with Crippen LogP contribution in [0.3, 0.4) is 0 Å². The summed E-state index contributed by atoms with van der Waals surface area (Å²) in [4.78, 5) is 35.3. The molecule has 2 aromatic rings. The molecule has 0 radical (unpaired) electrons. The van der Waals surface area contributed by atoms with Crippen LogP contribution in [0, 0.1) is 5.92 Å².